The van der Waals surface area contributed by atoms with Gasteiger partial charge in [-0.3, -0.25) is 9.78 Å². The number of nitrogen functional groups attached to an aromatic ring is 1. The summed E-state index contributed by atoms with van der Waals surface area (Å²) in [6.07, 6.45) is 3.12. The summed E-state index contributed by atoms with van der Waals surface area (Å²) in [4.78, 5) is 14.8. The van der Waals surface area contributed by atoms with E-state index in [1.165, 1.54) is 13.1 Å². The molecule has 3 nitrogen and oxygen atoms in total. The molecule has 2 N–H and O–H groups in total. The van der Waals surface area contributed by atoms with Crippen LogP contribution in [0, 0.1) is 6.92 Å². The average molecular weight is 150 g/mol. The summed E-state index contributed by atoms with van der Waals surface area (Å²) in [6.45, 7) is 3.32. The van der Waals surface area contributed by atoms with Crippen LogP contribution < -0.4 is 5.73 Å². The third-order valence-corrected chi connectivity index (χ3v) is 1.52. The lowest BCUT2D eigenvalue weighted by Gasteiger charge is -2.02. The van der Waals surface area contributed by atoms with Crippen LogP contribution in [0.1, 0.15) is 22.8 Å². The third-order valence-electron chi connectivity index (χ3n) is 1.52. The predicted octanol–water partition coefficient (Wildman–Crippen LogP) is 1.17. The van der Waals surface area contributed by atoms with Gasteiger partial charge in [0.2, 0.25) is 0 Å². The number of nitrogens with zero attached hydrogens (tertiary/aromatic N) is 1. The van der Waals surface area contributed by atoms with Crippen LogP contribution in [0.25, 0.3) is 0 Å². The standard InChI is InChI=1S/C8H10N2O/c1-5-3-10-4-7(9)8(5)6(2)11/h3-4H,9H2,1-2H3. The molecule has 0 radical (unpaired) electrons. The second-order valence-corrected chi connectivity index (χ2v) is 2.48. The van der Waals surface area contributed by atoms with Crippen LogP contribution in [0.3, 0.4) is 0 Å². The topological polar surface area (TPSA) is 56.0 Å². The van der Waals surface area contributed by atoms with Gasteiger partial charge in [-0.15, -0.1) is 0 Å². The Morgan fingerprint density at radius 1 is 1.55 bits per heavy atom. The maximum absolute atomic E-state index is 11.0. The number of ketones is 1. The molecule has 3 heteroatoms. The fourth-order valence-electron chi connectivity index (χ4n) is 1.07. The molecule has 0 aliphatic carbocycles. The number of carbonyl (C=O) groups excluding carboxylic acids is 1. The number of hydrogen-bond acceptors (Lipinski definition) is 3. The predicted molar refractivity (Wildman–Crippen MR) is 43.4 cm³/mol. The monoisotopic (exact) mass is 150 g/mol. The molecule has 0 fully saturated rings. The normalized spacial score (nSPS) is 9.64. The highest BCUT2D eigenvalue weighted by atomic mass is 16.1. The quantitative estimate of drug-likeness (QED) is 0.611. The smallest absolute Gasteiger partial charge is 0.162 e. The van der Waals surface area contributed by atoms with Gasteiger partial charge in [0.15, 0.2) is 5.78 Å². The minimum atomic E-state index is -0.0117. The first kappa shape index (κ1) is 7.72. The van der Waals surface area contributed by atoms with Crippen LogP contribution in [0.15, 0.2) is 12.4 Å². The maximum Gasteiger partial charge on any atom is 0.162 e. The van der Waals surface area contributed by atoms with E-state index in [0.717, 1.165) is 5.56 Å². The highest BCUT2D eigenvalue weighted by Gasteiger charge is 2.06. The highest BCUT2D eigenvalue weighted by molar-refractivity contribution is 6.00. The van der Waals surface area contributed by atoms with Crippen molar-refractivity contribution in [1.29, 1.82) is 0 Å². The van der Waals surface area contributed by atoms with Gasteiger partial charge < -0.3 is 5.73 Å². The fourth-order valence-corrected chi connectivity index (χ4v) is 1.07. The van der Waals surface area contributed by atoms with Crippen molar-refractivity contribution in [2.24, 2.45) is 0 Å². The molecule has 0 bridgehead atoms. The molecule has 11 heavy (non-hydrogen) atoms. The van der Waals surface area contributed by atoms with Crippen molar-refractivity contribution in [2.75, 3.05) is 5.73 Å². The molecular weight excluding hydrogens is 140 g/mol. The number of aromatic nitrogens is 1. The Morgan fingerprint density at radius 3 is 2.55 bits per heavy atom. The lowest BCUT2D eigenvalue weighted by Crippen LogP contribution is -2.02. The molecule has 0 aliphatic heterocycles. The number of aryl methyl sites for hydroxylation is 1. The minimum Gasteiger partial charge on any atom is -0.397 e. The van der Waals surface area contributed by atoms with Crippen molar-refractivity contribution in [2.45, 2.75) is 13.8 Å². The van der Waals surface area contributed by atoms with Gasteiger partial charge in [-0.25, -0.2) is 0 Å². The summed E-state index contributed by atoms with van der Waals surface area (Å²) >= 11 is 0. The second kappa shape index (κ2) is 2.70. The van der Waals surface area contributed by atoms with Gasteiger partial charge in [0.1, 0.15) is 0 Å². The number of nitrogens with two attached hydrogens (primary N) is 1. The van der Waals surface area contributed by atoms with E-state index >= 15 is 0 Å². The molecule has 0 saturated carbocycles. The molecular formula is C8H10N2O. The summed E-state index contributed by atoms with van der Waals surface area (Å²) in [5, 5.41) is 0. The van der Waals surface area contributed by atoms with E-state index in [4.69, 9.17) is 5.73 Å². The van der Waals surface area contributed by atoms with Crippen molar-refractivity contribution in [3.8, 4) is 0 Å². The number of carbonyl (C=O) groups is 1. The van der Waals surface area contributed by atoms with E-state index in [1.54, 1.807) is 6.20 Å². The molecule has 0 atom stereocenters. The van der Waals surface area contributed by atoms with E-state index in [9.17, 15) is 4.79 Å². The van der Waals surface area contributed by atoms with Gasteiger partial charge in [-0.2, -0.15) is 0 Å². The first-order valence-electron chi connectivity index (χ1n) is 3.34. The zero-order valence-electron chi connectivity index (χ0n) is 6.59. The molecule has 0 amide bonds. The summed E-state index contributed by atoms with van der Waals surface area (Å²) in [6, 6.07) is 0. The van der Waals surface area contributed by atoms with Gasteiger partial charge in [-0.05, 0) is 19.4 Å². The van der Waals surface area contributed by atoms with Crippen molar-refractivity contribution >= 4 is 11.5 Å². The van der Waals surface area contributed by atoms with Crippen molar-refractivity contribution in [3.63, 3.8) is 0 Å². The number of hydrogen-bond donors (Lipinski definition) is 1. The van der Waals surface area contributed by atoms with Crippen molar-refractivity contribution in [3.05, 3.63) is 23.5 Å². The summed E-state index contributed by atoms with van der Waals surface area (Å²) in [5.41, 5.74) is 7.41. The van der Waals surface area contributed by atoms with Gasteiger partial charge in [-0.1, -0.05) is 0 Å². The first-order valence-corrected chi connectivity index (χ1v) is 3.34. The molecule has 0 aliphatic rings. The van der Waals surface area contributed by atoms with Crippen LogP contribution >= 0.6 is 0 Å². The molecule has 1 heterocycles. The highest BCUT2D eigenvalue weighted by Crippen LogP contribution is 2.14. The summed E-state index contributed by atoms with van der Waals surface area (Å²) < 4.78 is 0. The number of rotatable bonds is 1. The molecule has 0 saturated heterocycles. The zero-order valence-corrected chi connectivity index (χ0v) is 6.59. The van der Waals surface area contributed by atoms with Gasteiger partial charge in [0.25, 0.3) is 0 Å². The van der Waals surface area contributed by atoms with E-state index < -0.39 is 0 Å². The Kier molecular flexibility index (Phi) is 1.89. The summed E-state index contributed by atoms with van der Waals surface area (Å²) in [7, 11) is 0. The Labute approximate surface area is 65.2 Å². The largest absolute Gasteiger partial charge is 0.397 e. The van der Waals surface area contributed by atoms with Crippen LogP contribution in [0.4, 0.5) is 5.69 Å². The van der Waals surface area contributed by atoms with Crippen LogP contribution in [-0.4, -0.2) is 10.8 Å². The lowest BCUT2D eigenvalue weighted by molar-refractivity contribution is 0.101. The molecule has 0 aromatic carbocycles. The molecule has 0 spiro atoms. The zero-order chi connectivity index (χ0) is 8.43. The Bertz CT molecular complexity index is 274. The Balaban J connectivity index is 3.32. The third kappa shape index (κ3) is 1.37. The van der Waals surface area contributed by atoms with Crippen LogP contribution in [0.2, 0.25) is 0 Å². The first-order chi connectivity index (χ1) is 5.13. The fraction of sp³-hybridized carbons (Fsp3) is 0.250. The average Bonchev–Trinajstić information content (AvgIpc) is 1.85. The molecule has 1 aromatic rings. The molecule has 1 aromatic heterocycles. The van der Waals surface area contributed by atoms with Gasteiger partial charge in [0, 0.05) is 11.8 Å². The van der Waals surface area contributed by atoms with E-state index in [-0.39, 0.29) is 5.78 Å². The molecule has 1 rings (SSSR count). The maximum atomic E-state index is 11.0. The number of Topliss-reactive ketones (excluding diaryl/α,β-unsaturated/α-hetero) is 1. The molecule has 0 unspecified atom stereocenters. The van der Waals surface area contributed by atoms with Crippen molar-refractivity contribution in [1.82, 2.24) is 4.98 Å². The number of pyridine rings is 1. The lowest BCUT2D eigenvalue weighted by atomic mass is 10.1. The van der Waals surface area contributed by atoms with Crippen LogP contribution in [0.5, 0.6) is 0 Å². The van der Waals surface area contributed by atoms with Gasteiger partial charge in [0.05, 0.1) is 11.9 Å². The Hall–Kier alpha value is -1.38. The summed E-state index contributed by atoms with van der Waals surface area (Å²) in [5.74, 6) is -0.0117. The SMILES string of the molecule is CC(=O)c1c(C)cncc1N. The molecule has 58 valence electrons. The number of anilines is 1. The Morgan fingerprint density at radius 2 is 2.18 bits per heavy atom. The second-order valence-electron chi connectivity index (χ2n) is 2.48. The van der Waals surface area contributed by atoms with Crippen molar-refractivity contribution < 1.29 is 4.79 Å². The van der Waals surface area contributed by atoms with Crippen LogP contribution in [-0.2, 0) is 0 Å². The van der Waals surface area contributed by atoms with Gasteiger partial charge >= 0.3 is 0 Å². The van der Waals surface area contributed by atoms with E-state index in [0.29, 0.717) is 11.3 Å². The van der Waals surface area contributed by atoms with E-state index in [2.05, 4.69) is 4.98 Å². The minimum absolute atomic E-state index is 0.0117. The van der Waals surface area contributed by atoms with E-state index in [1.807, 2.05) is 6.92 Å².